The topological polar surface area (TPSA) is 70.8 Å². The fourth-order valence-electron chi connectivity index (χ4n) is 3.32. The van der Waals surface area contributed by atoms with E-state index in [0.29, 0.717) is 27.4 Å². The molecule has 0 unspecified atom stereocenters. The number of amides is 1. The maximum absolute atomic E-state index is 13.5. The Kier molecular flexibility index (Phi) is 5.56. The van der Waals surface area contributed by atoms with Gasteiger partial charge in [0.1, 0.15) is 15.5 Å². The third-order valence-corrected chi connectivity index (χ3v) is 6.20. The number of nitrogens with zero attached hydrogens (tertiary/aromatic N) is 1. The number of carbonyl (C=O) groups is 1. The third-order valence-electron chi connectivity index (χ3n) is 5.00. The van der Waals surface area contributed by atoms with Crippen molar-refractivity contribution in [2.24, 2.45) is 0 Å². The normalized spacial score (nSPS) is 11.1. The van der Waals surface area contributed by atoms with E-state index < -0.39 is 17.2 Å². The molecule has 0 atom stereocenters. The van der Waals surface area contributed by atoms with Gasteiger partial charge in [0.2, 0.25) is 0 Å². The lowest BCUT2D eigenvalue weighted by Crippen LogP contribution is -2.22. The molecule has 0 radical (unpaired) electrons. The molecule has 0 fully saturated rings. The van der Waals surface area contributed by atoms with Crippen LogP contribution < -0.4 is 10.9 Å². The second kappa shape index (κ2) is 8.31. The highest BCUT2D eigenvalue weighted by molar-refractivity contribution is 7.19. The summed E-state index contributed by atoms with van der Waals surface area (Å²) in [4.78, 5) is 26.3. The zero-order chi connectivity index (χ0) is 22.1. The van der Waals surface area contributed by atoms with Crippen LogP contribution in [0.25, 0.3) is 4.83 Å². The van der Waals surface area contributed by atoms with Crippen LogP contribution >= 0.6 is 11.3 Å². The molecule has 0 saturated heterocycles. The van der Waals surface area contributed by atoms with Crippen LogP contribution in [0.5, 0.6) is 5.75 Å². The Morgan fingerprint density at radius 3 is 2.55 bits per heavy atom. The van der Waals surface area contributed by atoms with E-state index in [0.717, 1.165) is 29.0 Å². The highest BCUT2D eigenvalue weighted by atomic mass is 32.1. The number of halogens is 2. The molecule has 4 aromatic rings. The number of aromatic hydroxyl groups is 1. The molecule has 0 saturated carbocycles. The molecule has 2 aromatic heterocycles. The maximum atomic E-state index is 13.5. The molecule has 2 aromatic carbocycles. The van der Waals surface area contributed by atoms with Gasteiger partial charge >= 0.3 is 0 Å². The molecule has 0 bridgehead atoms. The molecule has 2 heterocycles. The molecule has 0 aliphatic rings. The number of benzene rings is 2. The third kappa shape index (κ3) is 4.06. The van der Waals surface area contributed by atoms with Gasteiger partial charge in [0.15, 0.2) is 11.6 Å². The molecular formula is C23H18F2N2O3S. The van der Waals surface area contributed by atoms with Crippen LogP contribution in [0.3, 0.4) is 0 Å². The Hall–Kier alpha value is -3.52. The molecule has 31 heavy (non-hydrogen) atoms. The van der Waals surface area contributed by atoms with Crippen molar-refractivity contribution >= 4 is 22.1 Å². The highest BCUT2D eigenvalue weighted by Gasteiger charge is 2.20. The van der Waals surface area contributed by atoms with Crippen molar-refractivity contribution in [1.29, 1.82) is 0 Å². The molecule has 0 aliphatic heterocycles. The molecule has 1 amide bonds. The fraction of sp³-hybridized carbons (Fsp3) is 0.130. The summed E-state index contributed by atoms with van der Waals surface area (Å²) in [6.45, 7) is 1.98. The minimum atomic E-state index is -1.03. The summed E-state index contributed by atoms with van der Waals surface area (Å²) in [5.41, 5.74) is 1.26. The van der Waals surface area contributed by atoms with E-state index >= 15 is 0 Å². The van der Waals surface area contributed by atoms with Gasteiger partial charge in [-0.15, -0.1) is 11.3 Å². The van der Waals surface area contributed by atoms with Gasteiger partial charge in [-0.25, -0.2) is 8.78 Å². The first kappa shape index (κ1) is 20.7. The smallest absolute Gasteiger partial charge is 0.263 e. The van der Waals surface area contributed by atoms with Gasteiger partial charge in [-0.1, -0.05) is 36.4 Å². The van der Waals surface area contributed by atoms with Gasteiger partial charge in [-0.05, 0) is 30.2 Å². The highest BCUT2D eigenvalue weighted by Crippen LogP contribution is 2.30. The number of hydrogen-bond donors (Lipinski definition) is 2. The minimum Gasteiger partial charge on any atom is -0.507 e. The monoisotopic (exact) mass is 440 g/mol. The number of pyridine rings is 1. The van der Waals surface area contributed by atoms with E-state index in [2.05, 4.69) is 5.32 Å². The van der Waals surface area contributed by atoms with E-state index in [1.807, 2.05) is 30.3 Å². The lowest BCUT2D eigenvalue weighted by atomic mass is 10.0. The van der Waals surface area contributed by atoms with Crippen LogP contribution in [-0.4, -0.2) is 15.4 Å². The van der Waals surface area contributed by atoms with Crippen LogP contribution in [0, 0.1) is 18.6 Å². The lowest BCUT2D eigenvalue weighted by Gasteiger charge is -2.09. The first-order valence-electron chi connectivity index (χ1n) is 9.48. The second-order valence-corrected chi connectivity index (χ2v) is 8.15. The van der Waals surface area contributed by atoms with E-state index in [1.54, 1.807) is 6.92 Å². The van der Waals surface area contributed by atoms with E-state index in [1.165, 1.54) is 16.7 Å². The van der Waals surface area contributed by atoms with Crippen molar-refractivity contribution in [3.05, 3.63) is 104 Å². The zero-order valence-corrected chi connectivity index (χ0v) is 17.3. The average Bonchev–Trinajstić information content (AvgIpc) is 3.23. The van der Waals surface area contributed by atoms with Crippen molar-refractivity contribution in [2.75, 3.05) is 0 Å². The number of aryl methyl sites for hydroxylation is 1. The van der Waals surface area contributed by atoms with Crippen LogP contribution in [0.4, 0.5) is 8.78 Å². The standard InChI is InChI=1S/C23H18F2N2O3S/c1-13-20(28)16(9-15-7-8-17(24)18(25)10-15)22(30)27-12-19(31-23(13)27)21(29)26-11-14-5-3-2-4-6-14/h2-8,10,12,28H,9,11H2,1H3,(H,26,29). The van der Waals surface area contributed by atoms with Crippen molar-refractivity contribution in [2.45, 2.75) is 19.9 Å². The molecule has 0 spiro atoms. The van der Waals surface area contributed by atoms with E-state index in [-0.39, 0.29) is 23.6 Å². The maximum Gasteiger partial charge on any atom is 0.263 e. The van der Waals surface area contributed by atoms with Gasteiger partial charge in [-0.3, -0.25) is 14.0 Å². The quantitative estimate of drug-likeness (QED) is 0.489. The van der Waals surface area contributed by atoms with E-state index in [9.17, 15) is 23.5 Å². The number of hydrogen-bond acceptors (Lipinski definition) is 4. The van der Waals surface area contributed by atoms with Crippen LogP contribution in [0.2, 0.25) is 0 Å². The van der Waals surface area contributed by atoms with Gasteiger partial charge in [-0.2, -0.15) is 0 Å². The minimum absolute atomic E-state index is 0.0510. The molecule has 2 N–H and O–H groups in total. The number of carbonyl (C=O) groups excluding carboxylic acids is 1. The van der Waals surface area contributed by atoms with Crippen molar-refractivity contribution in [1.82, 2.24) is 9.72 Å². The van der Waals surface area contributed by atoms with Crippen LogP contribution in [-0.2, 0) is 13.0 Å². The largest absolute Gasteiger partial charge is 0.507 e. The number of fused-ring (bicyclic) bond motifs is 1. The van der Waals surface area contributed by atoms with Gasteiger partial charge in [0, 0.05) is 24.7 Å². The van der Waals surface area contributed by atoms with Gasteiger partial charge in [0.25, 0.3) is 11.5 Å². The van der Waals surface area contributed by atoms with Crippen molar-refractivity contribution in [3.8, 4) is 5.75 Å². The SMILES string of the molecule is Cc1c(O)c(Cc2ccc(F)c(F)c2)c(=O)n2cc(C(=O)NCc3ccccc3)sc12. The predicted molar refractivity (Wildman–Crippen MR) is 115 cm³/mol. The molecule has 4 rings (SSSR count). The Balaban J connectivity index is 1.66. The summed E-state index contributed by atoms with van der Waals surface area (Å²) in [7, 11) is 0. The van der Waals surface area contributed by atoms with Gasteiger partial charge in [0.05, 0.1) is 5.56 Å². The molecule has 8 heteroatoms. The Labute approximate surface area is 180 Å². The molecule has 5 nitrogen and oxygen atoms in total. The Morgan fingerprint density at radius 1 is 1.10 bits per heavy atom. The number of aromatic nitrogens is 1. The molecule has 158 valence electrons. The Bertz CT molecular complexity index is 1350. The Morgan fingerprint density at radius 2 is 1.84 bits per heavy atom. The fourth-order valence-corrected chi connectivity index (χ4v) is 4.34. The van der Waals surface area contributed by atoms with Crippen LogP contribution in [0.1, 0.15) is 31.9 Å². The number of nitrogens with one attached hydrogen (secondary N) is 1. The summed E-state index contributed by atoms with van der Waals surface area (Å²) in [5.74, 6) is -2.56. The summed E-state index contributed by atoms with van der Waals surface area (Å²) in [6, 6.07) is 12.8. The zero-order valence-electron chi connectivity index (χ0n) is 16.5. The number of rotatable bonds is 5. The summed E-state index contributed by atoms with van der Waals surface area (Å²) >= 11 is 1.10. The van der Waals surface area contributed by atoms with Crippen molar-refractivity contribution < 1.29 is 18.7 Å². The lowest BCUT2D eigenvalue weighted by molar-refractivity contribution is 0.0954. The van der Waals surface area contributed by atoms with E-state index in [4.69, 9.17) is 0 Å². The summed E-state index contributed by atoms with van der Waals surface area (Å²) < 4.78 is 28.0. The second-order valence-electron chi connectivity index (χ2n) is 7.12. The summed E-state index contributed by atoms with van der Waals surface area (Å²) in [6.07, 6.45) is 1.36. The summed E-state index contributed by atoms with van der Waals surface area (Å²) in [5, 5.41) is 13.4. The van der Waals surface area contributed by atoms with Crippen molar-refractivity contribution in [3.63, 3.8) is 0 Å². The molecule has 0 aliphatic carbocycles. The number of thiazole rings is 1. The van der Waals surface area contributed by atoms with Gasteiger partial charge < -0.3 is 10.4 Å². The predicted octanol–water partition coefficient (Wildman–Crippen LogP) is 4.17. The average molecular weight is 440 g/mol. The molecular weight excluding hydrogens is 422 g/mol. The van der Waals surface area contributed by atoms with Crippen LogP contribution in [0.15, 0.2) is 59.5 Å². The first-order valence-corrected chi connectivity index (χ1v) is 10.3. The first-order chi connectivity index (χ1) is 14.8.